The van der Waals surface area contributed by atoms with E-state index in [1.807, 2.05) is 46.0 Å². The smallest absolute Gasteiger partial charge is 0.468 e. The van der Waals surface area contributed by atoms with E-state index in [0.717, 1.165) is 39.5 Å². The quantitative estimate of drug-likeness (QED) is 0.250. The molecule has 0 bridgehead atoms. The lowest BCUT2D eigenvalue weighted by Crippen LogP contribution is -2.47. The second-order valence-corrected chi connectivity index (χ2v) is 9.85. The number of nitrogens with zero attached hydrogens (tertiary/aromatic N) is 2. The van der Waals surface area contributed by atoms with Crippen LogP contribution in [0.2, 0.25) is 0 Å². The lowest BCUT2D eigenvalue weighted by atomic mass is 10.2. The Morgan fingerprint density at radius 3 is 2.80 bits per heavy atom. The third-order valence-electron chi connectivity index (χ3n) is 5.25. The highest BCUT2D eigenvalue weighted by molar-refractivity contribution is 8.76. The summed E-state index contributed by atoms with van der Waals surface area (Å²) < 4.78 is 19.9. The number of methoxy groups -OCH3 is 1. The molecule has 2 aromatic heterocycles. The second kappa shape index (κ2) is 9.83. The first-order valence-corrected chi connectivity index (χ1v) is 12.8. The molecule has 0 amide bonds. The first-order valence-electron chi connectivity index (χ1n) is 10.3. The zero-order valence-electron chi connectivity index (χ0n) is 17.6. The predicted octanol–water partition coefficient (Wildman–Crippen LogP) is 5.56. The van der Waals surface area contributed by atoms with Gasteiger partial charge in [0.2, 0.25) is 5.69 Å². The highest BCUT2D eigenvalue weighted by Gasteiger charge is 2.36. The lowest BCUT2D eigenvalue weighted by Gasteiger charge is -2.13. The van der Waals surface area contributed by atoms with Crippen LogP contribution in [0.5, 0.6) is 17.2 Å². The van der Waals surface area contributed by atoms with Crippen molar-refractivity contribution in [1.82, 2.24) is 9.97 Å². The van der Waals surface area contributed by atoms with Crippen molar-refractivity contribution >= 4 is 32.6 Å². The van der Waals surface area contributed by atoms with Crippen LogP contribution < -0.4 is 18.8 Å². The third-order valence-corrected chi connectivity index (χ3v) is 7.62. The van der Waals surface area contributed by atoms with Crippen LogP contribution in [-0.2, 0) is 5.75 Å². The maximum absolute atomic E-state index is 6.15. The van der Waals surface area contributed by atoms with Crippen LogP contribution in [-0.4, -0.2) is 22.8 Å². The molecule has 1 atom stereocenters. The Balaban J connectivity index is 1.49. The van der Waals surface area contributed by atoms with Crippen molar-refractivity contribution < 1.29 is 18.8 Å². The molecule has 1 aliphatic rings. The number of nitrogens with one attached hydrogen (secondary N) is 1. The molecule has 8 heteroatoms. The average molecular weight is 447 g/mol. The number of H-pyrrole nitrogens is 1. The van der Waals surface area contributed by atoms with E-state index < -0.39 is 6.41 Å². The molecule has 1 unspecified atom stereocenters. The molecule has 3 heterocycles. The maximum Gasteiger partial charge on any atom is 0.468 e. The summed E-state index contributed by atoms with van der Waals surface area (Å²) in [5, 5.41) is 0. The molecule has 1 aromatic carbocycles. The third kappa shape index (κ3) is 4.49. The van der Waals surface area contributed by atoms with E-state index in [4.69, 9.17) is 14.2 Å². The zero-order chi connectivity index (χ0) is 20.9. The number of benzene rings is 1. The molecule has 6 nitrogen and oxygen atoms in total. The van der Waals surface area contributed by atoms with Gasteiger partial charge >= 0.3 is 6.41 Å². The minimum Gasteiger partial charge on any atom is -0.496 e. The topological polar surface area (TPSA) is 60.2 Å². The standard InChI is InChI=1S/C22H28N3O3S2/c1-4-5-6-7-10-29-30-13-18-15(2)19(26-3)8-9-25(18)22-27-20-11-16-17(24-14-23-16)12-21(20)28-22/h8-9,11-12,14,22H,4-7,10,13H2,1-3H3,(H,23,24)/q+1. The molecular formula is C22H28N3O3S2+. The molecule has 1 N–H and O–H groups in total. The Labute approximate surface area is 185 Å². The Kier molecular flexibility index (Phi) is 6.94. The van der Waals surface area contributed by atoms with Crippen LogP contribution in [0.15, 0.2) is 30.7 Å². The molecule has 160 valence electrons. The number of imidazole rings is 1. The first-order chi connectivity index (χ1) is 14.7. The van der Waals surface area contributed by atoms with E-state index in [1.165, 1.54) is 31.4 Å². The number of aromatic amines is 1. The summed E-state index contributed by atoms with van der Waals surface area (Å²) in [6.45, 7) is 4.33. The van der Waals surface area contributed by atoms with Crippen molar-refractivity contribution in [3.8, 4) is 17.2 Å². The summed E-state index contributed by atoms with van der Waals surface area (Å²) in [4.78, 5) is 7.42. The number of fused-ring (bicyclic) bond motifs is 2. The van der Waals surface area contributed by atoms with Gasteiger partial charge in [-0.05, 0) is 13.3 Å². The number of hydrogen-bond acceptors (Lipinski definition) is 6. The van der Waals surface area contributed by atoms with Crippen molar-refractivity contribution in [3.05, 3.63) is 42.0 Å². The zero-order valence-corrected chi connectivity index (χ0v) is 19.3. The van der Waals surface area contributed by atoms with Gasteiger partial charge in [-0.2, -0.15) is 0 Å². The molecule has 0 radical (unpaired) electrons. The summed E-state index contributed by atoms with van der Waals surface area (Å²) in [5.41, 5.74) is 4.05. The van der Waals surface area contributed by atoms with Gasteiger partial charge in [0, 0.05) is 24.0 Å². The lowest BCUT2D eigenvalue weighted by molar-refractivity contribution is -0.788. The Bertz CT molecular complexity index is 969. The Hall–Kier alpha value is -2.06. The minimum absolute atomic E-state index is 0.540. The highest BCUT2D eigenvalue weighted by atomic mass is 33.1. The second-order valence-electron chi connectivity index (χ2n) is 7.27. The van der Waals surface area contributed by atoms with Crippen LogP contribution in [0.4, 0.5) is 0 Å². The van der Waals surface area contributed by atoms with Crippen molar-refractivity contribution in [2.75, 3.05) is 12.9 Å². The van der Waals surface area contributed by atoms with Crippen molar-refractivity contribution in [2.45, 2.75) is 51.7 Å². The average Bonchev–Trinajstić information content (AvgIpc) is 3.37. The Morgan fingerprint density at radius 1 is 1.17 bits per heavy atom. The van der Waals surface area contributed by atoms with Gasteiger partial charge in [0.15, 0.2) is 17.7 Å². The fourth-order valence-electron chi connectivity index (χ4n) is 3.53. The van der Waals surface area contributed by atoms with Gasteiger partial charge < -0.3 is 19.2 Å². The number of hydrogen-bond donors (Lipinski definition) is 1. The van der Waals surface area contributed by atoms with Crippen molar-refractivity contribution in [2.24, 2.45) is 0 Å². The van der Waals surface area contributed by atoms with Gasteiger partial charge in [0.05, 0.1) is 35.8 Å². The normalized spacial score (nSPS) is 13.3. The summed E-state index contributed by atoms with van der Waals surface area (Å²) in [7, 11) is 5.51. The van der Waals surface area contributed by atoms with E-state index in [9.17, 15) is 0 Å². The van der Waals surface area contributed by atoms with Crippen LogP contribution in [0.3, 0.4) is 0 Å². The fourth-order valence-corrected chi connectivity index (χ4v) is 5.82. The largest absolute Gasteiger partial charge is 0.496 e. The van der Waals surface area contributed by atoms with E-state index in [1.54, 1.807) is 13.4 Å². The molecular weight excluding hydrogens is 418 g/mol. The van der Waals surface area contributed by atoms with Crippen LogP contribution >= 0.6 is 21.6 Å². The van der Waals surface area contributed by atoms with E-state index in [-0.39, 0.29) is 0 Å². The van der Waals surface area contributed by atoms with Gasteiger partial charge in [0.1, 0.15) is 5.75 Å². The highest BCUT2D eigenvalue weighted by Crippen LogP contribution is 2.40. The SMILES string of the molecule is CCCCCCSSCc1c(C)c(OC)cc[n+]1C1Oc2cc3nc[nH]c3cc2O1. The van der Waals surface area contributed by atoms with Crippen LogP contribution in [0.25, 0.3) is 11.0 Å². The molecule has 0 saturated heterocycles. The van der Waals surface area contributed by atoms with Gasteiger partial charge in [-0.1, -0.05) is 47.8 Å². The van der Waals surface area contributed by atoms with Crippen molar-refractivity contribution in [1.29, 1.82) is 0 Å². The Morgan fingerprint density at radius 2 is 2.00 bits per heavy atom. The molecule has 0 saturated carbocycles. The van der Waals surface area contributed by atoms with Gasteiger partial charge in [-0.15, -0.1) is 4.57 Å². The van der Waals surface area contributed by atoms with Gasteiger partial charge in [0.25, 0.3) is 0 Å². The van der Waals surface area contributed by atoms with Crippen molar-refractivity contribution in [3.63, 3.8) is 0 Å². The molecule has 0 aliphatic carbocycles. The molecule has 30 heavy (non-hydrogen) atoms. The van der Waals surface area contributed by atoms with Gasteiger partial charge in [-0.25, -0.2) is 4.98 Å². The first kappa shape index (κ1) is 21.2. The fraction of sp³-hybridized carbons (Fsp3) is 0.455. The summed E-state index contributed by atoms with van der Waals surface area (Å²) in [6, 6.07) is 5.82. The predicted molar refractivity (Wildman–Crippen MR) is 122 cm³/mol. The summed E-state index contributed by atoms with van der Waals surface area (Å²) in [6.07, 6.45) is 8.29. The number of ether oxygens (including phenoxy) is 3. The number of unbranched alkanes of at least 4 members (excludes halogenated alkanes) is 3. The molecule has 0 spiro atoms. The molecule has 0 fully saturated rings. The van der Waals surface area contributed by atoms with Crippen LogP contribution in [0, 0.1) is 6.92 Å². The summed E-state index contributed by atoms with van der Waals surface area (Å²) in [5.74, 6) is 4.34. The number of rotatable bonds is 10. The molecule has 1 aliphatic heterocycles. The maximum atomic E-state index is 6.15. The molecule has 4 rings (SSSR count). The van der Waals surface area contributed by atoms with E-state index >= 15 is 0 Å². The van der Waals surface area contributed by atoms with E-state index in [0.29, 0.717) is 5.75 Å². The number of aromatic nitrogens is 3. The van der Waals surface area contributed by atoms with Crippen LogP contribution in [0.1, 0.15) is 50.3 Å². The minimum atomic E-state index is -0.540. The summed E-state index contributed by atoms with van der Waals surface area (Å²) >= 11 is 0. The monoisotopic (exact) mass is 446 g/mol. The molecule has 3 aromatic rings. The van der Waals surface area contributed by atoms with Gasteiger partial charge in [-0.3, -0.25) is 0 Å². The van der Waals surface area contributed by atoms with E-state index in [2.05, 4.69) is 28.4 Å². The number of pyridine rings is 1.